The highest BCUT2D eigenvalue weighted by Crippen LogP contribution is 2.32. The van der Waals surface area contributed by atoms with E-state index in [1.165, 1.54) is 18.2 Å². The summed E-state index contributed by atoms with van der Waals surface area (Å²) in [6, 6.07) is 6.18. The Morgan fingerprint density at radius 3 is 2.63 bits per heavy atom. The molecular formula is C13H7ClF2N2O. The van der Waals surface area contributed by atoms with E-state index in [1.54, 1.807) is 0 Å². The minimum absolute atomic E-state index is 0.120. The lowest BCUT2D eigenvalue weighted by atomic mass is 10.2. The summed E-state index contributed by atoms with van der Waals surface area (Å²) in [5.74, 6) is -0.800. The highest BCUT2D eigenvalue weighted by atomic mass is 35.5. The lowest BCUT2D eigenvalue weighted by Crippen LogP contribution is -1.91. The van der Waals surface area contributed by atoms with Crippen molar-refractivity contribution < 1.29 is 13.2 Å². The van der Waals surface area contributed by atoms with Gasteiger partial charge in [-0.05, 0) is 24.3 Å². The molecule has 0 saturated carbocycles. The molecule has 0 fully saturated rings. The van der Waals surface area contributed by atoms with Gasteiger partial charge >= 0.3 is 0 Å². The van der Waals surface area contributed by atoms with E-state index in [4.69, 9.17) is 21.8 Å². The number of anilines is 1. The van der Waals surface area contributed by atoms with E-state index in [0.717, 1.165) is 12.1 Å². The van der Waals surface area contributed by atoms with Crippen LogP contribution in [0.15, 0.2) is 34.7 Å². The fourth-order valence-corrected chi connectivity index (χ4v) is 2.04. The van der Waals surface area contributed by atoms with Gasteiger partial charge < -0.3 is 10.2 Å². The zero-order valence-electron chi connectivity index (χ0n) is 9.45. The molecule has 0 radical (unpaired) electrons. The fraction of sp³-hybridized carbons (Fsp3) is 0. The molecule has 0 amide bonds. The van der Waals surface area contributed by atoms with Crippen molar-refractivity contribution in [2.24, 2.45) is 0 Å². The Morgan fingerprint density at radius 2 is 1.89 bits per heavy atom. The molecule has 2 aromatic carbocycles. The maximum absolute atomic E-state index is 13.2. The third-order valence-corrected chi connectivity index (χ3v) is 2.93. The van der Waals surface area contributed by atoms with Gasteiger partial charge in [0.1, 0.15) is 17.2 Å². The summed E-state index contributed by atoms with van der Waals surface area (Å²) < 4.78 is 31.6. The molecule has 0 unspecified atom stereocenters. The van der Waals surface area contributed by atoms with Gasteiger partial charge in [-0.2, -0.15) is 0 Å². The average Bonchev–Trinajstić information content (AvgIpc) is 2.72. The molecule has 3 nitrogen and oxygen atoms in total. The number of rotatable bonds is 1. The van der Waals surface area contributed by atoms with E-state index < -0.39 is 11.6 Å². The Bertz CT molecular complexity index is 786. The summed E-state index contributed by atoms with van der Waals surface area (Å²) in [6.45, 7) is 0. The predicted octanol–water partition coefficient (Wildman–Crippen LogP) is 4.01. The molecule has 0 aliphatic heterocycles. The van der Waals surface area contributed by atoms with Gasteiger partial charge in [0, 0.05) is 11.8 Å². The molecular weight excluding hydrogens is 274 g/mol. The number of oxazole rings is 1. The predicted molar refractivity (Wildman–Crippen MR) is 68.8 cm³/mol. The summed E-state index contributed by atoms with van der Waals surface area (Å²) in [5, 5.41) is 0.120. The number of nitrogens with two attached hydrogens (primary N) is 1. The highest BCUT2D eigenvalue weighted by molar-refractivity contribution is 6.34. The third kappa shape index (κ3) is 2.02. The molecule has 1 aromatic heterocycles. The van der Waals surface area contributed by atoms with E-state index in [2.05, 4.69) is 4.98 Å². The Balaban J connectivity index is 2.23. The number of nitrogens with zero attached hydrogens (tertiary/aromatic N) is 1. The summed E-state index contributed by atoms with van der Waals surface area (Å²) in [7, 11) is 0. The van der Waals surface area contributed by atoms with Crippen molar-refractivity contribution in [2.75, 3.05) is 5.73 Å². The summed E-state index contributed by atoms with van der Waals surface area (Å²) >= 11 is 5.86. The lowest BCUT2D eigenvalue weighted by molar-refractivity contribution is 0.612. The summed E-state index contributed by atoms with van der Waals surface area (Å²) in [4.78, 5) is 4.10. The number of hydrogen-bond acceptors (Lipinski definition) is 3. The molecule has 19 heavy (non-hydrogen) atoms. The zero-order valence-corrected chi connectivity index (χ0v) is 10.2. The maximum atomic E-state index is 13.2. The molecule has 3 rings (SSSR count). The van der Waals surface area contributed by atoms with Crippen molar-refractivity contribution in [1.29, 1.82) is 0 Å². The Kier molecular flexibility index (Phi) is 2.64. The second-order valence-electron chi connectivity index (χ2n) is 3.99. The largest absolute Gasteiger partial charge is 0.434 e. The smallest absolute Gasteiger partial charge is 0.229 e. The topological polar surface area (TPSA) is 52.0 Å². The van der Waals surface area contributed by atoms with Crippen LogP contribution in [0.2, 0.25) is 5.02 Å². The molecule has 6 heteroatoms. The molecule has 0 bridgehead atoms. The van der Waals surface area contributed by atoms with Gasteiger partial charge in [-0.3, -0.25) is 0 Å². The van der Waals surface area contributed by atoms with E-state index >= 15 is 0 Å². The first-order valence-electron chi connectivity index (χ1n) is 5.35. The molecule has 0 spiro atoms. The van der Waals surface area contributed by atoms with Crippen molar-refractivity contribution in [3.8, 4) is 11.5 Å². The molecule has 0 aliphatic carbocycles. The fourth-order valence-electron chi connectivity index (χ4n) is 1.80. The number of aromatic nitrogens is 1. The van der Waals surface area contributed by atoms with Crippen LogP contribution in [0.5, 0.6) is 0 Å². The van der Waals surface area contributed by atoms with Crippen LogP contribution >= 0.6 is 11.6 Å². The van der Waals surface area contributed by atoms with Crippen LogP contribution in [0.4, 0.5) is 14.5 Å². The average molecular weight is 281 g/mol. The van der Waals surface area contributed by atoms with Crippen molar-refractivity contribution in [2.45, 2.75) is 0 Å². The van der Waals surface area contributed by atoms with Crippen LogP contribution in [0.25, 0.3) is 22.6 Å². The Morgan fingerprint density at radius 1 is 1.11 bits per heavy atom. The molecule has 1 heterocycles. The third-order valence-electron chi connectivity index (χ3n) is 2.65. The molecule has 0 aliphatic rings. The van der Waals surface area contributed by atoms with Gasteiger partial charge in [-0.15, -0.1) is 0 Å². The molecule has 0 atom stereocenters. The normalized spacial score (nSPS) is 11.1. The first-order chi connectivity index (χ1) is 9.04. The van der Waals surface area contributed by atoms with Crippen molar-refractivity contribution in [3.63, 3.8) is 0 Å². The zero-order chi connectivity index (χ0) is 13.6. The van der Waals surface area contributed by atoms with Crippen LogP contribution in [0, 0.1) is 11.6 Å². The van der Waals surface area contributed by atoms with E-state index in [9.17, 15) is 8.78 Å². The van der Waals surface area contributed by atoms with Gasteiger partial charge in [0.25, 0.3) is 0 Å². The van der Waals surface area contributed by atoms with Gasteiger partial charge in [-0.1, -0.05) is 11.6 Å². The number of fused-ring (bicyclic) bond motifs is 1. The van der Waals surface area contributed by atoms with Gasteiger partial charge in [-0.25, -0.2) is 13.8 Å². The highest BCUT2D eigenvalue weighted by Gasteiger charge is 2.14. The van der Waals surface area contributed by atoms with E-state index in [1.807, 2.05) is 0 Å². The van der Waals surface area contributed by atoms with Crippen LogP contribution in [0.1, 0.15) is 0 Å². The maximum Gasteiger partial charge on any atom is 0.229 e. The second kappa shape index (κ2) is 4.20. The molecule has 0 saturated heterocycles. The monoisotopic (exact) mass is 280 g/mol. The number of halogens is 3. The summed E-state index contributed by atoms with van der Waals surface area (Å²) in [6.07, 6.45) is 0. The van der Waals surface area contributed by atoms with Gasteiger partial charge in [0.2, 0.25) is 5.89 Å². The molecule has 2 N–H and O–H groups in total. The Labute approximate surface area is 111 Å². The number of benzene rings is 2. The minimum Gasteiger partial charge on any atom is -0.434 e. The Hall–Kier alpha value is -2.14. The van der Waals surface area contributed by atoms with Crippen LogP contribution in [-0.4, -0.2) is 4.98 Å². The quantitative estimate of drug-likeness (QED) is 0.685. The standard InChI is InChI=1S/C13H7ClF2N2O/c14-9-3-7(16)5-11-12(9)19-13(18-11)8-2-1-6(15)4-10(8)17/h1-5H,17H2. The first-order valence-corrected chi connectivity index (χ1v) is 5.73. The van der Waals surface area contributed by atoms with Crippen molar-refractivity contribution in [3.05, 3.63) is 47.0 Å². The van der Waals surface area contributed by atoms with Crippen molar-refractivity contribution in [1.82, 2.24) is 4.98 Å². The second-order valence-corrected chi connectivity index (χ2v) is 4.39. The van der Waals surface area contributed by atoms with Crippen LogP contribution < -0.4 is 5.73 Å². The lowest BCUT2D eigenvalue weighted by Gasteiger charge is -2.00. The number of hydrogen-bond donors (Lipinski definition) is 1. The van der Waals surface area contributed by atoms with Crippen LogP contribution in [0.3, 0.4) is 0 Å². The van der Waals surface area contributed by atoms with Crippen LogP contribution in [-0.2, 0) is 0 Å². The SMILES string of the molecule is Nc1cc(F)ccc1-c1nc2cc(F)cc(Cl)c2o1. The number of nitrogen functional groups attached to an aromatic ring is 1. The first kappa shape index (κ1) is 11.9. The molecule has 3 aromatic rings. The van der Waals surface area contributed by atoms with Gasteiger partial charge in [0.15, 0.2) is 5.58 Å². The van der Waals surface area contributed by atoms with Gasteiger partial charge in [0.05, 0.1) is 10.6 Å². The van der Waals surface area contributed by atoms with Crippen molar-refractivity contribution >= 4 is 28.4 Å². The minimum atomic E-state index is -0.510. The van der Waals surface area contributed by atoms with E-state index in [-0.39, 0.29) is 27.7 Å². The molecule has 96 valence electrons. The summed E-state index contributed by atoms with van der Waals surface area (Å²) in [5.41, 5.74) is 6.85. The van der Waals surface area contributed by atoms with E-state index in [0.29, 0.717) is 5.56 Å².